The molecule has 1 aromatic carbocycles. The van der Waals surface area contributed by atoms with Gasteiger partial charge in [-0.2, -0.15) is 0 Å². The number of furan rings is 1. The number of esters is 1. The number of nitrogens with zero attached hydrogens (tertiary/aromatic N) is 2. The standard InChI is InChI=1S/C24H22Br2N2O5S/c1-4-8-16-19(23(30)32-5-2)20(14-9-6-7-10-17(14)31-3)28-22(29)18(34-24(28)27-16)12-13-11-15(25)21(26)33-13/h6-7,9-12,20H,4-5,8H2,1-3H3/b18-12+/t20-/m0/s1. The molecular formula is C24H22Br2N2O5S. The highest BCUT2D eigenvalue weighted by Gasteiger charge is 2.35. The lowest BCUT2D eigenvalue weighted by Gasteiger charge is -2.26. The zero-order valence-electron chi connectivity index (χ0n) is 18.8. The van der Waals surface area contributed by atoms with Gasteiger partial charge in [-0.15, -0.1) is 0 Å². The third-order valence-corrected chi connectivity index (χ3v) is 7.96. The molecule has 2 aromatic heterocycles. The molecule has 0 saturated carbocycles. The van der Waals surface area contributed by atoms with Gasteiger partial charge in [0.1, 0.15) is 17.6 Å². The minimum atomic E-state index is -0.731. The van der Waals surface area contributed by atoms with E-state index in [1.54, 1.807) is 30.7 Å². The van der Waals surface area contributed by atoms with Gasteiger partial charge in [-0.05, 0) is 57.3 Å². The Morgan fingerprint density at radius 3 is 2.71 bits per heavy atom. The smallest absolute Gasteiger partial charge is 0.338 e. The molecule has 0 radical (unpaired) electrons. The average Bonchev–Trinajstić information content (AvgIpc) is 3.30. The second kappa shape index (κ2) is 10.5. The number of rotatable bonds is 7. The molecule has 1 atom stereocenters. The first-order valence-corrected chi connectivity index (χ1v) is 13.1. The van der Waals surface area contributed by atoms with Crippen molar-refractivity contribution in [3.63, 3.8) is 0 Å². The van der Waals surface area contributed by atoms with Crippen LogP contribution >= 0.6 is 43.2 Å². The number of methoxy groups -OCH3 is 1. The number of allylic oxidation sites excluding steroid dienone is 1. The molecule has 178 valence electrons. The summed E-state index contributed by atoms with van der Waals surface area (Å²) in [6, 6.07) is 8.41. The van der Waals surface area contributed by atoms with Gasteiger partial charge in [0.15, 0.2) is 9.47 Å². The van der Waals surface area contributed by atoms with Crippen LogP contribution in [0.2, 0.25) is 0 Å². The number of fused-ring (bicyclic) bond motifs is 1. The van der Waals surface area contributed by atoms with E-state index in [0.717, 1.165) is 10.9 Å². The first-order valence-electron chi connectivity index (χ1n) is 10.7. The minimum Gasteiger partial charge on any atom is -0.496 e. The van der Waals surface area contributed by atoms with Crippen molar-refractivity contribution >= 4 is 55.2 Å². The molecule has 3 aromatic rings. The fraction of sp³-hybridized carbons (Fsp3) is 0.292. The highest BCUT2D eigenvalue weighted by atomic mass is 79.9. The van der Waals surface area contributed by atoms with Gasteiger partial charge in [0, 0.05) is 11.6 Å². The number of carbonyl (C=O) groups excluding carboxylic acids is 1. The van der Waals surface area contributed by atoms with Gasteiger partial charge in [-0.3, -0.25) is 9.36 Å². The van der Waals surface area contributed by atoms with Crippen molar-refractivity contribution in [2.24, 2.45) is 4.99 Å². The number of halogens is 2. The van der Waals surface area contributed by atoms with Crippen molar-refractivity contribution in [1.29, 1.82) is 0 Å². The normalized spacial score (nSPS) is 15.8. The summed E-state index contributed by atoms with van der Waals surface area (Å²) < 4.78 is 19.9. The Kier molecular flexibility index (Phi) is 7.59. The Hall–Kier alpha value is -2.43. The van der Waals surface area contributed by atoms with Gasteiger partial charge in [-0.25, -0.2) is 9.79 Å². The van der Waals surface area contributed by atoms with Crippen LogP contribution in [-0.4, -0.2) is 24.3 Å². The maximum absolute atomic E-state index is 13.7. The summed E-state index contributed by atoms with van der Waals surface area (Å²) >= 11 is 7.97. The van der Waals surface area contributed by atoms with Crippen LogP contribution in [0.5, 0.6) is 5.75 Å². The van der Waals surface area contributed by atoms with E-state index >= 15 is 0 Å². The number of hydrogen-bond donors (Lipinski definition) is 0. The van der Waals surface area contributed by atoms with Crippen LogP contribution < -0.4 is 19.6 Å². The topological polar surface area (TPSA) is 83.0 Å². The number of hydrogen-bond acceptors (Lipinski definition) is 7. The van der Waals surface area contributed by atoms with Gasteiger partial charge in [0.25, 0.3) is 5.56 Å². The van der Waals surface area contributed by atoms with Crippen molar-refractivity contribution in [1.82, 2.24) is 4.57 Å². The summed E-state index contributed by atoms with van der Waals surface area (Å²) in [4.78, 5) is 32.1. The minimum absolute atomic E-state index is 0.215. The molecule has 7 nitrogen and oxygen atoms in total. The molecule has 0 spiro atoms. The molecule has 0 aliphatic carbocycles. The molecule has 4 rings (SSSR count). The number of carbonyl (C=O) groups is 1. The quantitative estimate of drug-likeness (QED) is 0.363. The third kappa shape index (κ3) is 4.58. The molecule has 0 fully saturated rings. The largest absolute Gasteiger partial charge is 0.496 e. The highest BCUT2D eigenvalue weighted by molar-refractivity contribution is 9.13. The van der Waals surface area contributed by atoms with Crippen LogP contribution in [0, 0.1) is 0 Å². The SMILES string of the molecule is CCCC1=C(C(=O)OCC)[C@H](c2ccccc2OC)n2c(s/c(=C/c3cc(Br)c(Br)o3)c2=O)=N1. The van der Waals surface area contributed by atoms with E-state index in [0.29, 0.717) is 48.8 Å². The Morgan fingerprint density at radius 2 is 2.06 bits per heavy atom. The summed E-state index contributed by atoms with van der Waals surface area (Å²) in [6.45, 7) is 3.99. The van der Waals surface area contributed by atoms with Gasteiger partial charge < -0.3 is 13.9 Å². The summed E-state index contributed by atoms with van der Waals surface area (Å²) in [5.74, 6) is 0.593. The number of aromatic nitrogens is 1. The number of para-hydroxylation sites is 1. The predicted octanol–water partition coefficient (Wildman–Crippen LogP) is 4.71. The van der Waals surface area contributed by atoms with E-state index in [9.17, 15) is 9.59 Å². The van der Waals surface area contributed by atoms with Crippen molar-refractivity contribution in [2.45, 2.75) is 32.7 Å². The first kappa shape index (κ1) is 24.7. The van der Waals surface area contributed by atoms with Crippen molar-refractivity contribution in [3.05, 3.63) is 81.8 Å². The molecule has 0 amide bonds. The fourth-order valence-electron chi connectivity index (χ4n) is 3.87. The van der Waals surface area contributed by atoms with Gasteiger partial charge in [-0.1, -0.05) is 42.9 Å². The maximum atomic E-state index is 13.7. The summed E-state index contributed by atoms with van der Waals surface area (Å²) in [6.07, 6.45) is 3.03. The van der Waals surface area contributed by atoms with Crippen LogP contribution in [0.15, 0.2) is 64.9 Å². The van der Waals surface area contributed by atoms with Crippen LogP contribution in [-0.2, 0) is 9.53 Å². The molecule has 0 bridgehead atoms. The van der Waals surface area contributed by atoms with E-state index in [-0.39, 0.29) is 12.2 Å². The monoisotopic (exact) mass is 608 g/mol. The highest BCUT2D eigenvalue weighted by Crippen LogP contribution is 2.36. The van der Waals surface area contributed by atoms with E-state index in [1.807, 2.05) is 31.2 Å². The van der Waals surface area contributed by atoms with E-state index < -0.39 is 12.0 Å². The second-order valence-electron chi connectivity index (χ2n) is 7.43. The number of thiazole rings is 1. The Balaban J connectivity index is 2.03. The summed E-state index contributed by atoms with van der Waals surface area (Å²) in [7, 11) is 1.57. The van der Waals surface area contributed by atoms with Gasteiger partial charge in [0.2, 0.25) is 0 Å². The van der Waals surface area contributed by atoms with E-state index in [4.69, 9.17) is 18.9 Å². The van der Waals surface area contributed by atoms with Gasteiger partial charge in [0.05, 0.1) is 34.0 Å². The van der Waals surface area contributed by atoms with Crippen LogP contribution in [0.4, 0.5) is 0 Å². The molecule has 0 unspecified atom stereocenters. The van der Waals surface area contributed by atoms with Crippen molar-refractivity contribution < 1.29 is 18.7 Å². The lowest BCUT2D eigenvalue weighted by atomic mass is 9.93. The molecule has 10 heteroatoms. The Labute approximate surface area is 216 Å². The van der Waals surface area contributed by atoms with Crippen LogP contribution in [0.3, 0.4) is 0 Å². The predicted molar refractivity (Wildman–Crippen MR) is 137 cm³/mol. The van der Waals surface area contributed by atoms with Gasteiger partial charge >= 0.3 is 5.97 Å². The number of ether oxygens (including phenoxy) is 2. The molecular weight excluding hydrogens is 588 g/mol. The molecule has 0 N–H and O–H groups in total. The zero-order valence-corrected chi connectivity index (χ0v) is 22.8. The third-order valence-electron chi connectivity index (χ3n) is 5.26. The van der Waals surface area contributed by atoms with Crippen LogP contribution in [0.1, 0.15) is 44.1 Å². The molecule has 34 heavy (non-hydrogen) atoms. The second-order valence-corrected chi connectivity index (χ2v) is 10.0. The Bertz CT molecular complexity index is 1430. The average molecular weight is 610 g/mol. The summed E-state index contributed by atoms with van der Waals surface area (Å²) in [5, 5.41) is 0. The molecule has 3 heterocycles. The number of benzene rings is 1. The fourth-order valence-corrected chi connectivity index (χ4v) is 5.48. The lowest BCUT2D eigenvalue weighted by molar-refractivity contribution is -0.139. The van der Waals surface area contributed by atoms with E-state index in [2.05, 4.69) is 31.9 Å². The van der Waals surface area contributed by atoms with Crippen molar-refractivity contribution in [2.75, 3.05) is 13.7 Å². The van der Waals surface area contributed by atoms with Crippen LogP contribution in [0.25, 0.3) is 6.08 Å². The maximum Gasteiger partial charge on any atom is 0.338 e. The Morgan fingerprint density at radius 1 is 1.29 bits per heavy atom. The summed E-state index contributed by atoms with van der Waals surface area (Å²) in [5.41, 5.74) is 1.39. The first-order chi connectivity index (χ1) is 16.4. The molecule has 1 aliphatic rings. The lowest BCUT2D eigenvalue weighted by Crippen LogP contribution is -2.40. The van der Waals surface area contributed by atoms with Crippen molar-refractivity contribution in [3.8, 4) is 5.75 Å². The molecule has 0 saturated heterocycles. The van der Waals surface area contributed by atoms with E-state index in [1.165, 1.54) is 11.3 Å². The molecule has 1 aliphatic heterocycles. The zero-order chi connectivity index (χ0) is 24.4.